The largest absolute Gasteiger partial charge is 0.469 e. The second-order valence-corrected chi connectivity index (χ2v) is 4.16. The molecule has 1 aromatic rings. The Hall–Kier alpha value is -0.870. The van der Waals surface area contributed by atoms with Crippen molar-refractivity contribution in [3.63, 3.8) is 0 Å². The molecular weight excluding hydrogens is 260 g/mol. The Balaban J connectivity index is 2.78. The topological polar surface area (TPSA) is 46.5 Å². The third-order valence-electron chi connectivity index (χ3n) is 2.17. The first kappa shape index (κ1) is 12.2. The van der Waals surface area contributed by atoms with E-state index in [1.807, 2.05) is 19.1 Å². The minimum atomic E-state index is -0.811. The number of benzene rings is 1. The number of aliphatic hydroxyl groups excluding tert-OH is 1. The predicted octanol–water partition coefficient (Wildman–Crippen LogP) is 2.35. The summed E-state index contributed by atoms with van der Waals surface area (Å²) >= 11 is 3.37. The molecule has 0 heterocycles. The first-order valence-corrected chi connectivity index (χ1v) is 5.35. The van der Waals surface area contributed by atoms with Crippen molar-refractivity contribution in [3.05, 3.63) is 33.8 Å². The normalized spacial score (nSPS) is 12.3. The minimum absolute atomic E-state index is 0.0218. The molecule has 4 heteroatoms. The van der Waals surface area contributed by atoms with Crippen LogP contribution in [0, 0.1) is 6.92 Å². The first-order chi connectivity index (χ1) is 7.04. The summed E-state index contributed by atoms with van der Waals surface area (Å²) in [7, 11) is 1.31. The molecule has 0 aliphatic carbocycles. The highest BCUT2D eigenvalue weighted by Crippen LogP contribution is 2.23. The van der Waals surface area contributed by atoms with Crippen LogP contribution >= 0.6 is 15.9 Å². The van der Waals surface area contributed by atoms with Gasteiger partial charge in [0.1, 0.15) is 0 Å². The Morgan fingerprint density at radius 2 is 2.27 bits per heavy atom. The van der Waals surface area contributed by atoms with Gasteiger partial charge in [-0.3, -0.25) is 4.79 Å². The highest BCUT2D eigenvalue weighted by atomic mass is 79.9. The van der Waals surface area contributed by atoms with Gasteiger partial charge in [0.15, 0.2) is 0 Å². The van der Waals surface area contributed by atoms with Gasteiger partial charge in [-0.15, -0.1) is 0 Å². The Labute approximate surface area is 97.2 Å². The maximum Gasteiger partial charge on any atom is 0.308 e. The summed E-state index contributed by atoms with van der Waals surface area (Å²) in [6.07, 6.45) is -0.833. The van der Waals surface area contributed by atoms with E-state index in [1.165, 1.54) is 7.11 Å². The fourth-order valence-corrected chi connectivity index (χ4v) is 1.57. The molecule has 0 bridgehead atoms. The molecule has 1 rings (SSSR count). The Morgan fingerprint density at radius 3 is 2.80 bits per heavy atom. The molecule has 15 heavy (non-hydrogen) atoms. The first-order valence-electron chi connectivity index (χ1n) is 4.55. The van der Waals surface area contributed by atoms with Crippen LogP contribution in [-0.2, 0) is 9.53 Å². The molecule has 0 spiro atoms. The van der Waals surface area contributed by atoms with E-state index in [9.17, 15) is 9.90 Å². The van der Waals surface area contributed by atoms with E-state index in [0.29, 0.717) is 5.56 Å². The minimum Gasteiger partial charge on any atom is -0.469 e. The Morgan fingerprint density at radius 1 is 1.60 bits per heavy atom. The average Bonchev–Trinajstić information content (AvgIpc) is 2.21. The number of hydrogen-bond donors (Lipinski definition) is 1. The Bertz CT molecular complexity index is 363. The second-order valence-electron chi connectivity index (χ2n) is 3.30. The molecule has 0 aliphatic heterocycles. The van der Waals surface area contributed by atoms with Gasteiger partial charge in [0, 0.05) is 4.47 Å². The standard InChI is InChI=1S/C11H13BrO3/c1-7-3-4-8(5-9(7)12)10(13)6-11(14)15-2/h3-5,10,13H,6H2,1-2H3/t10-/m0/s1. The summed E-state index contributed by atoms with van der Waals surface area (Å²) in [6, 6.07) is 5.50. The van der Waals surface area contributed by atoms with Crippen molar-refractivity contribution < 1.29 is 14.6 Å². The highest BCUT2D eigenvalue weighted by molar-refractivity contribution is 9.10. The van der Waals surface area contributed by atoms with Gasteiger partial charge >= 0.3 is 5.97 Å². The number of carbonyl (C=O) groups is 1. The molecule has 1 atom stereocenters. The van der Waals surface area contributed by atoms with E-state index in [-0.39, 0.29) is 6.42 Å². The second kappa shape index (κ2) is 5.28. The van der Waals surface area contributed by atoms with Gasteiger partial charge in [-0.05, 0) is 24.1 Å². The number of hydrogen-bond acceptors (Lipinski definition) is 3. The van der Waals surface area contributed by atoms with Crippen molar-refractivity contribution in [2.24, 2.45) is 0 Å². The molecule has 0 unspecified atom stereocenters. The smallest absolute Gasteiger partial charge is 0.308 e. The maximum absolute atomic E-state index is 11.0. The van der Waals surface area contributed by atoms with Gasteiger partial charge in [-0.1, -0.05) is 28.1 Å². The lowest BCUT2D eigenvalue weighted by atomic mass is 10.1. The molecule has 0 saturated carbocycles. The van der Waals surface area contributed by atoms with Crippen LogP contribution < -0.4 is 0 Å². The van der Waals surface area contributed by atoms with E-state index in [1.54, 1.807) is 6.07 Å². The molecule has 0 aromatic heterocycles. The number of halogens is 1. The molecule has 0 fully saturated rings. The number of carbonyl (C=O) groups excluding carboxylic acids is 1. The SMILES string of the molecule is COC(=O)C[C@H](O)c1ccc(C)c(Br)c1. The lowest BCUT2D eigenvalue weighted by Crippen LogP contribution is -2.08. The van der Waals surface area contributed by atoms with Gasteiger partial charge in [0.25, 0.3) is 0 Å². The maximum atomic E-state index is 11.0. The number of esters is 1. The van der Waals surface area contributed by atoms with Crippen molar-refractivity contribution in [2.75, 3.05) is 7.11 Å². The number of rotatable bonds is 3. The van der Waals surface area contributed by atoms with Crippen LogP contribution in [0.25, 0.3) is 0 Å². The van der Waals surface area contributed by atoms with Crippen LogP contribution in [0.4, 0.5) is 0 Å². The molecule has 0 radical (unpaired) electrons. The highest BCUT2D eigenvalue weighted by Gasteiger charge is 2.13. The number of aliphatic hydroxyl groups is 1. The lowest BCUT2D eigenvalue weighted by molar-refractivity contribution is -0.142. The Kier molecular flexibility index (Phi) is 4.29. The van der Waals surface area contributed by atoms with Crippen LogP contribution in [-0.4, -0.2) is 18.2 Å². The number of ether oxygens (including phenoxy) is 1. The van der Waals surface area contributed by atoms with Crippen LogP contribution in [0.2, 0.25) is 0 Å². The van der Waals surface area contributed by atoms with E-state index < -0.39 is 12.1 Å². The monoisotopic (exact) mass is 272 g/mol. The van der Waals surface area contributed by atoms with Gasteiger partial charge < -0.3 is 9.84 Å². The number of aryl methyl sites for hydroxylation is 1. The van der Waals surface area contributed by atoms with Crippen LogP contribution in [0.5, 0.6) is 0 Å². The van der Waals surface area contributed by atoms with E-state index in [0.717, 1.165) is 10.0 Å². The quantitative estimate of drug-likeness (QED) is 0.860. The van der Waals surface area contributed by atoms with Crippen LogP contribution in [0.3, 0.4) is 0 Å². The summed E-state index contributed by atoms with van der Waals surface area (Å²) in [5.41, 5.74) is 1.79. The summed E-state index contributed by atoms with van der Waals surface area (Å²) in [6.45, 7) is 1.96. The molecule has 0 aliphatic rings. The van der Waals surface area contributed by atoms with Crippen LogP contribution in [0.1, 0.15) is 23.7 Å². The van der Waals surface area contributed by atoms with Gasteiger partial charge in [0.05, 0.1) is 19.6 Å². The summed E-state index contributed by atoms with van der Waals surface area (Å²) in [4.78, 5) is 11.0. The zero-order valence-electron chi connectivity index (χ0n) is 8.66. The molecular formula is C11H13BrO3. The van der Waals surface area contributed by atoms with Crippen molar-refractivity contribution in [3.8, 4) is 0 Å². The van der Waals surface area contributed by atoms with Gasteiger partial charge in [0.2, 0.25) is 0 Å². The molecule has 0 saturated heterocycles. The van der Waals surface area contributed by atoms with Crippen molar-refractivity contribution in [1.82, 2.24) is 0 Å². The fraction of sp³-hybridized carbons (Fsp3) is 0.364. The molecule has 3 nitrogen and oxygen atoms in total. The van der Waals surface area contributed by atoms with E-state index in [4.69, 9.17) is 0 Å². The fourth-order valence-electron chi connectivity index (χ4n) is 1.18. The summed E-state index contributed by atoms with van der Waals surface area (Å²) in [5.74, 6) is -0.417. The third kappa shape index (κ3) is 3.32. The van der Waals surface area contributed by atoms with E-state index >= 15 is 0 Å². The molecule has 82 valence electrons. The molecule has 1 N–H and O–H groups in total. The predicted molar refractivity (Wildman–Crippen MR) is 60.5 cm³/mol. The zero-order valence-corrected chi connectivity index (χ0v) is 10.2. The van der Waals surface area contributed by atoms with Crippen LogP contribution in [0.15, 0.2) is 22.7 Å². The third-order valence-corrected chi connectivity index (χ3v) is 3.02. The molecule has 0 amide bonds. The molecule has 1 aromatic carbocycles. The average molecular weight is 273 g/mol. The van der Waals surface area contributed by atoms with E-state index in [2.05, 4.69) is 20.7 Å². The van der Waals surface area contributed by atoms with Crippen molar-refractivity contribution >= 4 is 21.9 Å². The number of methoxy groups -OCH3 is 1. The van der Waals surface area contributed by atoms with Crippen molar-refractivity contribution in [2.45, 2.75) is 19.4 Å². The van der Waals surface area contributed by atoms with Crippen molar-refractivity contribution in [1.29, 1.82) is 0 Å². The van der Waals surface area contributed by atoms with Gasteiger partial charge in [-0.25, -0.2) is 0 Å². The summed E-state index contributed by atoms with van der Waals surface area (Å²) < 4.78 is 5.41. The van der Waals surface area contributed by atoms with Gasteiger partial charge in [-0.2, -0.15) is 0 Å². The zero-order chi connectivity index (χ0) is 11.4. The summed E-state index contributed by atoms with van der Waals surface area (Å²) in [5, 5.41) is 9.72. The lowest BCUT2D eigenvalue weighted by Gasteiger charge is -2.10.